The number of rotatable bonds is 42. The van der Waals surface area contributed by atoms with Gasteiger partial charge < -0.3 is 68.9 Å². The predicted molar refractivity (Wildman–Crippen MR) is 343 cm³/mol. The maximum atomic E-state index is 14.4. The highest BCUT2D eigenvalue weighted by Gasteiger charge is 2.29. The summed E-state index contributed by atoms with van der Waals surface area (Å²) in [6.07, 6.45) is 4.98. The number of hydrogen-bond donors (Lipinski definition) is 9. The van der Waals surface area contributed by atoms with Crippen molar-refractivity contribution in [2.75, 3.05) is 54.6 Å². The van der Waals surface area contributed by atoms with Gasteiger partial charge in [0.2, 0.25) is 5.91 Å². The molecule has 0 aliphatic carbocycles. The zero-order valence-corrected chi connectivity index (χ0v) is 52.2. The van der Waals surface area contributed by atoms with Crippen LogP contribution in [0.5, 0.6) is 23.0 Å². The third kappa shape index (κ3) is 22.3. The van der Waals surface area contributed by atoms with E-state index in [4.69, 9.17) is 47.6 Å². The maximum Gasteiger partial charge on any atom is 0.255 e. The second kappa shape index (κ2) is 37.9. The molecule has 0 aliphatic rings. The molecule has 0 aliphatic heterocycles. The van der Waals surface area contributed by atoms with E-state index in [2.05, 4.69) is 21.3 Å². The first-order chi connectivity index (χ1) is 43.4. The molecule has 22 nitrogen and oxygen atoms in total. The van der Waals surface area contributed by atoms with Crippen molar-refractivity contribution in [2.45, 2.75) is 133 Å². The van der Waals surface area contributed by atoms with Gasteiger partial charge in [0.1, 0.15) is 23.0 Å². The number of ketones is 4. The highest BCUT2D eigenvalue weighted by molar-refractivity contribution is 6.04. The molecule has 14 N–H and O–H groups in total. The van der Waals surface area contributed by atoms with Gasteiger partial charge in [-0.15, -0.1) is 0 Å². The molecule has 484 valence electrons. The fraction of sp³-hybridized carbons (Fsp3) is 0.426. The number of benzene rings is 5. The van der Waals surface area contributed by atoms with E-state index in [1.54, 1.807) is 48.5 Å². The molecule has 5 aromatic rings. The van der Waals surface area contributed by atoms with Crippen molar-refractivity contribution >= 4 is 52.7 Å². The van der Waals surface area contributed by atoms with Crippen LogP contribution in [-0.4, -0.2) is 131 Å². The summed E-state index contributed by atoms with van der Waals surface area (Å²) in [7, 11) is 5.57. The fourth-order valence-corrected chi connectivity index (χ4v) is 10.4. The number of primary amides is 1. The average molecular weight is 1240 g/mol. The second-order valence-corrected chi connectivity index (χ2v) is 22.1. The summed E-state index contributed by atoms with van der Waals surface area (Å²) in [6.45, 7) is 1.48. The van der Waals surface area contributed by atoms with Crippen LogP contribution >= 0.6 is 0 Å². The van der Waals surface area contributed by atoms with Gasteiger partial charge in [-0.1, -0.05) is 54.6 Å². The van der Waals surface area contributed by atoms with Gasteiger partial charge in [-0.05, 0) is 180 Å². The number of unbranched alkanes of at least 4 members (excludes halogenated alkanes) is 4. The van der Waals surface area contributed by atoms with Gasteiger partial charge in [-0.2, -0.15) is 0 Å². The molecule has 5 amide bonds. The number of carbonyl (C=O) groups excluding carboxylic acids is 9. The minimum absolute atomic E-state index is 0.0379. The number of carbonyl (C=O) groups is 9. The van der Waals surface area contributed by atoms with Gasteiger partial charge in [-0.25, -0.2) is 0 Å². The molecule has 4 atom stereocenters. The lowest BCUT2D eigenvalue weighted by Crippen LogP contribution is -2.42. The topological polar surface area (TPSA) is 369 Å². The fourth-order valence-electron chi connectivity index (χ4n) is 10.4. The van der Waals surface area contributed by atoms with Crippen LogP contribution in [0.1, 0.15) is 146 Å². The number of nitrogens with two attached hydrogens (primary N) is 5. The van der Waals surface area contributed by atoms with Crippen LogP contribution in [0, 0.1) is 0 Å². The first-order valence-corrected chi connectivity index (χ1v) is 30.5. The van der Waals surface area contributed by atoms with Crippen molar-refractivity contribution < 1.29 is 62.1 Å². The van der Waals surface area contributed by atoms with Crippen LogP contribution in [0.2, 0.25) is 0 Å². The van der Waals surface area contributed by atoms with E-state index >= 15 is 0 Å². The Morgan fingerprint density at radius 3 is 0.900 bits per heavy atom. The van der Waals surface area contributed by atoms with Gasteiger partial charge in [0.15, 0.2) is 23.1 Å². The minimum atomic E-state index is -1.04. The third-order valence-electron chi connectivity index (χ3n) is 15.4. The molecule has 0 fully saturated rings. The molecule has 22 heteroatoms. The summed E-state index contributed by atoms with van der Waals surface area (Å²) in [6, 6.07) is 24.2. The molecule has 0 saturated heterocycles. The van der Waals surface area contributed by atoms with Crippen molar-refractivity contribution in [3.8, 4) is 23.0 Å². The first kappa shape index (κ1) is 71.9. The van der Waals surface area contributed by atoms with E-state index in [-0.39, 0.29) is 126 Å². The van der Waals surface area contributed by atoms with Crippen LogP contribution in [0.25, 0.3) is 0 Å². The molecule has 0 heterocycles. The van der Waals surface area contributed by atoms with Gasteiger partial charge in [0.25, 0.3) is 23.6 Å². The van der Waals surface area contributed by atoms with E-state index in [1.807, 2.05) is 30.3 Å². The lowest BCUT2D eigenvalue weighted by atomic mass is 9.95. The molecular weight excluding hydrogens is 1150 g/mol. The molecule has 0 bridgehead atoms. The summed E-state index contributed by atoms with van der Waals surface area (Å²) in [4.78, 5) is 125. The Hall–Kier alpha value is -8.83. The van der Waals surface area contributed by atoms with E-state index in [0.29, 0.717) is 106 Å². The zero-order chi connectivity index (χ0) is 65.5. The first-order valence-electron chi connectivity index (χ1n) is 30.5. The highest BCUT2D eigenvalue weighted by Crippen LogP contribution is 2.27. The quantitative estimate of drug-likeness (QED) is 0.0234. The Balaban J connectivity index is 1.33. The largest absolute Gasteiger partial charge is 0.496 e. The smallest absolute Gasteiger partial charge is 0.255 e. The van der Waals surface area contributed by atoms with Crippen molar-refractivity contribution in [3.05, 3.63) is 153 Å². The van der Waals surface area contributed by atoms with Gasteiger partial charge in [0, 0.05) is 25.7 Å². The SMILES string of the molecule is COc1ccc(CC(=O)[C@H](CCCCN)NC(=O)c2cc(CC(=O)[C@H](CCCCN)NC(=O)c3cc(CC(=O)[C@H](CCCCN)NC(=O)c4cc(CC(=O)[C@H](CCCCN)NC(=O)Cc5ccccc5)ccc4OC)ccc3OC)ccc2OC)cc1C(N)=O. The summed E-state index contributed by atoms with van der Waals surface area (Å²) in [5.41, 5.74) is 31.7. The minimum Gasteiger partial charge on any atom is -0.496 e. The van der Waals surface area contributed by atoms with E-state index in [0.717, 1.165) is 5.56 Å². The summed E-state index contributed by atoms with van der Waals surface area (Å²) in [5.74, 6) is -3.51. The molecule has 5 rings (SSSR count). The second-order valence-electron chi connectivity index (χ2n) is 22.1. The van der Waals surface area contributed by atoms with Crippen molar-refractivity contribution in [2.24, 2.45) is 28.7 Å². The molecule has 0 saturated carbocycles. The number of methoxy groups -OCH3 is 4. The summed E-state index contributed by atoms with van der Waals surface area (Å²) >= 11 is 0. The zero-order valence-electron chi connectivity index (χ0n) is 52.2. The monoisotopic (exact) mass is 1240 g/mol. The van der Waals surface area contributed by atoms with E-state index in [9.17, 15) is 43.2 Å². The molecule has 90 heavy (non-hydrogen) atoms. The van der Waals surface area contributed by atoms with E-state index < -0.39 is 47.8 Å². The molecule has 0 unspecified atom stereocenters. The van der Waals surface area contributed by atoms with Crippen molar-refractivity contribution in [1.29, 1.82) is 0 Å². The lowest BCUT2D eigenvalue weighted by Gasteiger charge is -2.21. The molecule has 0 spiro atoms. The lowest BCUT2D eigenvalue weighted by molar-refractivity contribution is -0.127. The van der Waals surface area contributed by atoms with Gasteiger partial charge in [-0.3, -0.25) is 43.2 Å². The van der Waals surface area contributed by atoms with E-state index in [1.165, 1.54) is 52.7 Å². The van der Waals surface area contributed by atoms with Crippen molar-refractivity contribution in [3.63, 3.8) is 0 Å². The Morgan fingerprint density at radius 2 is 0.622 bits per heavy atom. The maximum absolute atomic E-state index is 14.4. The number of nitrogens with one attached hydrogen (secondary N) is 4. The van der Waals surface area contributed by atoms with Crippen LogP contribution in [-0.2, 0) is 56.1 Å². The standard InChI is InChI=1S/C68H89N9O13/c1-87-60-26-22-44(34-48(60)65(73)83)38-57(79)53(19-9-13-31-70)75-67(85)50-36-46(24-28-62(50)89-3)40-59(81)55(21-11-15-33-72)77-68(86)51-37-47(25-29-63(51)90-4)41-58(80)54(20-10-14-32-71)76-66(84)49-35-45(23-27-61(49)88-2)39-56(78)52(18-8-12-30-69)74-64(82)42-43-16-6-5-7-17-43/h5-7,16-17,22-29,34-37,52-55H,8-15,18-21,30-33,38-42,69-72H2,1-4H3,(H2,73,83)(H,74,82)(H,75,85)(H,76,84)(H,77,86)/t52-,53-,54-,55-/m0/s1. The van der Waals surface area contributed by atoms with Crippen LogP contribution < -0.4 is 68.9 Å². The van der Waals surface area contributed by atoms with Crippen LogP contribution in [0.15, 0.2) is 103 Å². The molecule has 0 aromatic heterocycles. The Morgan fingerprint density at radius 1 is 0.344 bits per heavy atom. The number of Topliss-reactive ketones (excluding diaryl/α,β-unsaturated/α-hetero) is 4. The normalized spacial score (nSPS) is 12.3. The van der Waals surface area contributed by atoms with Crippen LogP contribution in [0.4, 0.5) is 0 Å². The Bertz CT molecular complexity index is 3250. The Labute approximate surface area is 526 Å². The highest BCUT2D eigenvalue weighted by atomic mass is 16.5. The summed E-state index contributed by atoms with van der Waals surface area (Å²) < 4.78 is 22.0. The summed E-state index contributed by atoms with van der Waals surface area (Å²) in [5, 5.41) is 11.5. The van der Waals surface area contributed by atoms with Gasteiger partial charge >= 0.3 is 0 Å². The number of amides is 5. The number of hydrogen-bond acceptors (Lipinski definition) is 17. The average Bonchev–Trinajstić information content (AvgIpc) is 1.36. The van der Waals surface area contributed by atoms with Crippen LogP contribution in [0.3, 0.4) is 0 Å². The molecular formula is C68H89N9O13. The predicted octanol–water partition coefficient (Wildman–Crippen LogP) is 4.91. The van der Waals surface area contributed by atoms with Crippen molar-refractivity contribution in [1.82, 2.24) is 21.3 Å². The molecule has 0 radical (unpaired) electrons. The third-order valence-corrected chi connectivity index (χ3v) is 15.4. The molecule has 5 aromatic carbocycles. The Kier molecular flexibility index (Phi) is 30.3. The number of ether oxygens (including phenoxy) is 4. The van der Waals surface area contributed by atoms with Gasteiger partial charge in [0.05, 0.1) is 81.3 Å².